The number of benzene rings is 1. The van der Waals surface area contributed by atoms with E-state index in [0.717, 1.165) is 37.8 Å². The van der Waals surface area contributed by atoms with Gasteiger partial charge in [0, 0.05) is 13.1 Å². The van der Waals surface area contributed by atoms with Gasteiger partial charge in [-0.15, -0.1) is 0 Å². The predicted octanol–water partition coefficient (Wildman–Crippen LogP) is 2.61. The molecule has 0 aromatic heterocycles. The van der Waals surface area contributed by atoms with Gasteiger partial charge in [0.15, 0.2) is 0 Å². The molecule has 1 fully saturated rings. The summed E-state index contributed by atoms with van der Waals surface area (Å²) >= 11 is 0. The predicted molar refractivity (Wildman–Crippen MR) is 84.5 cm³/mol. The minimum Gasteiger partial charge on any atom is -0.493 e. The maximum Gasteiger partial charge on any atom is 0.122 e. The Bertz CT molecular complexity index is 419. The summed E-state index contributed by atoms with van der Waals surface area (Å²) in [6, 6.07) is 6.40. The van der Waals surface area contributed by atoms with Crippen molar-refractivity contribution in [1.82, 2.24) is 10.2 Å². The molecule has 1 aromatic rings. The third-order valence-electron chi connectivity index (χ3n) is 4.08. The quantitative estimate of drug-likeness (QED) is 0.775. The van der Waals surface area contributed by atoms with Gasteiger partial charge in [-0.2, -0.15) is 0 Å². The minimum absolute atomic E-state index is 0.817. The van der Waals surface area contributed by atoms with Crippen LogP contribution < -0.4 is 10.1 Å². The average Bonchev–Trinajstić information content (AvgIpc) is 2.87. The maximum atomic E-state index is 5.91. The largest absolute Gasteiger partial charge is 0.493 e. The molecule has 1 aliphatic rings. The van der Waals surface area contributed by atoms with E-state index >= 15 is 0 Å². The number of ether oxygens (including phenoxy) is 1. The SMILES string of the molecule is CNCC1CCN(CCCOc2cc(C)ccc2C)C1. The number of hydrogen-bond donors (Lipinski definition) is 1. The van der Waals surface area contributed by atoms with Crippen LogP contribution >= 0.6 is 0 Å². The van der Waals surface area contributed by atoms with E-state index in [9.17, 15) is 0 Å². The first-order valence-corrected chi connectivity index (χ1v) is 7.76. The molecule has 3 heteroatoms. The zero-order valence-electron chi connectivity index (χ0n) is 13.1. The molecule has 0 amide bonds. The molecule has 1 unspecified atom stereocenters. The van der Waals surface area contributed by atoms with Crippen LogP contribution in [0.2, 0.25) is 0 Å². The molecule has 1 heterocycles. The van der Waals surface area contributed by atoms with E-state index in [-0.39, 0.29) is 0 Å². The molecule has 3 nitrogen and oxygen atoms in total. The monoisotopic (exact) mass is 276 g/mol. The molecule has 20 heavy (non-hydrogen) atoms. The number of likely N-dealkylation sites (tertiary alicyclic amines) is 1. The van der Waals surface area contributed by atoms with Crippen LogP contribution in [0.3, 0.4) is 0 Å². The highest BCUT2D eigenvalue weighted by molar-refractivity contribution is 5.35. The normalized spacial score (nSPS) is 19.4. The molecular formula is C17H28N2O. The summed E-state index contributed by atoms with van der Waals surface area (Å²) in [6.07, 6.45) is 2.44. The third kappa shape index (κ3) is 4.50. The van der Waals surface area contributed by atoms with Crippen molar-refractivity contribution in [2.75, 3.05) is 39.8 Å². The molecule has 1 aromatic carbocycles. The molecule has 0 spiro atoms. The van der Waals surface area contributed by atoms with Crippen LogP contribution in [0.4, 0.5) is 0 Å². The zero-order chi connectivity index (χ0) is 14.4. The Hall–Kier alpha value is -1.06. The third-order valence-corrected chi connectivity index (χ3v) is 4.08. The smallest absolute Gasteiger partial charge is 0.122 e. The van der Waals surface area contributed by atoms with Crippen LogP contribution in [-0.4, -0.2) is 44.7 Å². The van der Waals surface area contributed by atoms with Gasteiger partial charge in [0.1, 0.15) is 5.75 Å². The van der Waals surface area contributed by atoms with Crippen molar-refractivity contribution in [1.29, 1.82) is 0 Å². The fourth-order valence-corrected chi connectivity index (χ4v) is 2.90. The first kappa shape index (κ1) is 15.3. The summed E-state index contributed by atoms with van der Waals surface area (Å²) in [4.78, 5) is 2.56. The Morgan fingerprint density at radius 1 is 1.35 bits per heavy atom. The standard InChI is InChI=1S/C17H28N2O/c1-14-5-6-15(2)17(11-14)20-10-4-8-19-9-7-16(13-19)12-18-3/h5-6,11,16,18H,4,7-10,12-13H2,1-3H3. The fraction of sp³-hybridized carbons (Fsp3) is 0.647. The summed E-state index contributed by atoms with van der Waals surface area (Å²) in [7, 11) is 2.04. The lowest BCUT2D eigenvalue weighted by atomic mass is 10.1. The minimum atomic E-state index is 0.817. The summed E-state index contributed by atoms with van der Waals surface area (Å²) in [6.45, 7) is 9.83. The Morgan fingerprint density at radius 3 is 3.00 bits per heavy atom. The van der Waals surface area contributed by atoms with Crippen molar-refractivity contribution in [3.05, 3.63) is 29.3 Å². The van der Waals surface area contributed by atoms with Crippen molar-refractivity contribution < 1.29 is 4.74 Å². The van der Waals surface area contributed by atoms with Gasteiger partial charge in [0.05, 0.1) is 6.61 Å². The molecule has 0 bridgehead atoms. The molecule has 1 aliphatic heterocycles. The Morgan fingerprint density at radius 2 is 2.20 bits per heavy atom. The average molecular weight is 276 g/mol. The van der Waals surface area contributed by atoms with Gasteiger partial charge >= 0.3 is 0 Å². The molecule has 0 saturated carbocycles. The number of nitrogens with one attached hydrogen (secondary N) is 1. The van der Waals surface area contributed by atoms with E-state index < -0.39 is 0 Å². The Kier molecular flexibility index (Phi) is 5.86. The lowest BCUT2D eigenvalue weighted by Gasteiger charge is -2.16. The first-order valence-electron chi connectivity index (χ1n) is 7.76. The van der Waals surface area contributed by atoms with Gasteiger partial charge in [-0.05, 0) is 69.9 Å². The van der Waals surface area contributed by atoms with Gasteiger partial charge in [-0.1, -0.05) is 12.1 Å². The van der Waals surface area contributed by atoms with Crippen LogP contribution in [0.15, 0.2) is 18.2 Å². The van der Waals surface area contributed by atoms with Crippen molar-refractivity contribution in [3.63, 3.8) is 0 Å². The highest BCUT2D eigenvalue weighted by atomic mass is 16.5. The van der Waals surface area contributed by atoms with Crippen LogP contribution in [0.1, 0.15) is 24.0 Å². The van der Waals surface area contributed by atoms with Gasteiger partial charge < -0.3 is 15.0 Å². The Labute approximate surface area is 123 Å². The molecular weight excluding hydrogens is 248 g/mol. The van der Waals surface area contributed by atoms with E-state index in [4.69, 9.17) is 4.74 Å². The molecule has 1 saturated heterocycles. The van der Waals surface area contributed by atoms with E-state index in [1.165, 1.54) is 30.6 Å². The molecule has 1 atom stereocenters. The van der Waals surface area contributed by atoms with E-state index in [1.54, 1.807) is 0 Å². The van der Waals surface area contributed by atoms with Crippen LogP contribution in [0.25, 0.3) is 0 Å². The number of hydrogen-bond acceptors (Lipinski definition) is 3. The number of rotatable bonds is 7. The summed E-state index contributed by atoms with van der Waals surface area (Å²) in [5.41, 5.74) is 2.49. The zero-order valence-corrected chi connectivity index (χ0v) is 13.1. The van der Waals surface area contributed by atoms with Crippen molar-refractivity contribution in [2.45, 2.75) is 26.7 Å². The van der Waals surface area contributed by atoms with Gasteiger partial charge in [0.25, 0.3) is 0 Å². The molecule has 112 valence electrons. The molecule has 1 N–H and O–H groups in total. The second-order valence-corrected chi connectivity index (χ2v) is 5.98. The summed E-state index contributed by atoms with van der Waals surface area (Å²) in [5, 5.41) is 3.28. The van der Waals surface area contributed by atoms with Gasteiger partial charge in [-0.3, -0.25) is 0 Å². The number of aryl methyl sites for hydroxylation is 2. The van der Waals surface area contributed by atoms with Crippen molar-refractivity contribution in [2.24, 2.45) is 5.92 Å². The highest BCUT2D eigenvalue weighted by Crippen LogP contribution is 2.19. The van der Waals surface area contributed by atoms with Crippen molar-refractivity contribution >= 4 is 0 Å². The summed E-state index contributed by atoms with van der Waals surface area (Å²) < 4.78 is 5.91. The van der Waals surface area contributed by atoms with Crippen LogP contribution in [0, 0.1) is 19.8 Å². The first-order chi connectivity index (χ1) is 9.69. The highest BCUT2D eigenvalue weighted by Gasteiger charge is 2.20. The van der Waals surface area contributed by atoms with Crippen LogP contribution in [0.5, 0.6) is 5.75 Å². The molecule has 0 radical (unpaired) electrons. The van der Waals surface area contributed by atoms with Gasteiger partial charge in [0.2, 0.25) is 0 Å². The Balaban J connectivity index is 1.66. The maximum absolute atomic E-state index is 5.91. The van der Waals surface area contributed by atoms with E-state index in [1.807, 2.05) is 7.05 Å². The second kappa shape index (κ2) is 7.65. The van der Waals surface area contributed by atoms with Crippen molar-refractivity contribution in [3.8, 4) is 5.75 Å². The van der Waals surface area contributed by atoms with E-state index in [0.29, 0.717) is 0 Å². The fourth-order valence-electron chi connectivity index (χ4n) is 2.90. The molecule has 2 rings (SSSR count). The lowest BCUT2D eigenvalue weighted by Crippen LogP contribution is -2.26. The van der Waals surface area contributed by atoms with Gasteiger partial charge in [-0.25, -0.2) is 0 Å². The topological polar surface area (TPSA) is 24.5 Å². The second-order valence-electron chi connectivity index (χ2n) is 5.98. The van der Waals surface area contributed by atoms with E-state index in [2.05, 4.69) is 42.3 Å². The summed E-state index contributed by atoms with van der Waals surface area (Å²) in [5.74, 6) is 1.87. The van der Waals surface area contributed by atoms with Crippen LogP contribution in [-0.2, 0) is 0 Å². The number of nitrogens with zero attached hydrogens (tertiary/aromatic N) is 1. The lowest BCUT2D eigenvalue weighted by molar-refractivity contribution is 0.257. The molecule has 0 aliphatic carbocycles.